The first-order valence-corrected chi connectivity index (χ1v) is 10.1. The molecule has 2 aromatic rings. The van der Waals surface area contributed by atoms with Crippen LogP contribution in [0, 0.1) is 11.7 Å². The average molecular weight is 389 g/mol. The van der Waals surface area contributed by atoms with Crippen molar-refractivity contribution in [3.05, 3.63) is 65.0 Å². The molecule has 3 rings (SSSR count). The number of rotatable bonds is 6. The van der Waals surface area contributed by atoms with Gasteiger partial charge >= 0.3 is 0 Å². The second kappa shape index (κ2) is 9.24. The third-order valence-electron chi connectivity index (χ3n) is 4.24. The van der Waals surface area contributed by atoms with Crippen LogP contribution in [0.2, 0.25) is 0 Å². The van der Waals surface area contributed by atoms with E-state index in [9.17, 15) is 4.39 Å². The molecule has 1 heterocycles. The maximum Gasteiger partial charge on any atom is 0.227 e. The van der Waals surface area contributed by atoms with Crippen molar-refractivity contribution in [3.8, 4) is 5.75 Å². The molecule has 6 heteroatoms. The molecule has 1 atom stereocenters. The van der Waals surface area contributed by atoms with Gasteiger partial charge in [0.2, 0.25) is 6.29 Å². The Morgan fingerprint density at radius 1 is 1.30 bits per heavy atom. The summed E-state index contributed by atoms with van der Waals surface area (Å²) in [5.74, 6) is 1.47. The molecule has 0 spiro atoms. The van der Waals surface area contributed by atoms with Gasteiger partial charge in [-0.2, -0.15) is 0 Å². The molecule has 0 aromatic heterocycles. The van der Waals surface area contributed by atoms with Crippen molar-refractivity contribution in [1.82, 2.24) is 0 Å². The molecule has 0 saturated heterocycles. The van der Waals surface area contributed by atoms with Gasteiger partial charge in [-0.15, -0.1) is 0 Å². The van der Waals surface area contributed by atoms with E-state index in [-0.39, 0.29) is 5.82 Å². The van der Waals surface area contributed by atoms with E-state index in [1.54, 1.807) is 0 Å². The van der Waals surface area contributed by atoms with E-state index in [0.717, 1.165) is 17.5 Å². The SMILES string of the molecule is CC(C)CCN=C(N)SCc1cc(F)cc2c1O[C@H](c1ccccc1)OC2. The zero-order valence-corrected chi connectivity index (χ0v) is 16.5. The van der Waals surface area contributed by atoms with Gasteiger partial charge in [-0.05, 0) is 24.5 Å². The first-order valence-electron chi connectivity index (χ1n) is 9.10. The number of benzene rings is 2. The molecule has 144 valence electrons. The molecule has 0 aliphatic carbocycles. The van der Waals surface area contributed by atoms with Crippen LogP contribution in [0.5, 0.6) is 5.75 Å². The Balaban J connectivity index is 1.72. The molecule has 1 aliphatic heterocycles. The lowest BCUT2D eigenvalue weighted by Gasteiger charge is -2.28. The number of fused-ring (bicyclic) bond motifs is 1. The zero-order chi connectivity index (χ0) is 19.2. The van der Waals surface area contributed by atoms with E-state index in [1.807, 2.05) is 30.3 Å². The molecule has 0 saturated carbocycles. The Bertz CT molecular complexity index is 796. The molecule has 0 bridgehead atoms. The normalized spacial score (nSPS) is 16.9. The highest BCUT2D eigenvalue weighted by Crippen LogP contribution is 2.37. The Labute approximate surface area is 164 Å². The molecular formula is C21H25FN2O2S. The van der Waals surface area contributed by atoms with Gasteiger partial charge in [0.1, 0.15) is 11.6 Å². The van der Waals surface area contributed by atoms with E-state index in [0.29, 0.717) is 41.3 Å². The van der Waals surface area contributed by atoms with Crippen LogP contribution in [0.3, 0.4) is 0 Å². The second-order valence-corrected chi connectivity index (χ2v) is 7.91. The topological polar surface area (TPSA) is 56.8 Å². The minimum Gasteiger partial charge on any atom is -0.460 e. The molecule has 2 N–H and O–H groups in total. The summed E-state index contributed by atoms with van der Waals surface area (Å²) < 4.78 is 25.8. The number of hydrogen-bond donors (Lipinski definition) is 1. The first kappa shape index (κ1) is 19.7. The molecule has 0 amide bonds. The first-order chi connectivity index (χ1) is 13.0. The lowest BCUT2D eigenvalue weighted by atomic mass is 10.1. The minimum absolute atomic E-state index is 0.301. The molecule has 27 heavy (non-hydrogen) atoms. The summed E-state index contributed by atoms with van der Waals surface area (Å²) in [5, 5.41) is 0.514. The number of hydrogen-bond acceptors (Lipinski definition) is 4. The third kappa shape index (κ3) is 5.47. The lowest BCUT2D eigenvalue weighted by Crippen LogP contribution is -2.19. The number of nitrogens with two attached hydrogens (primary N) is 1. The van der Waals surface area contributed by atoms with Crippen LogP contribution >= 0.6 is 11.8 Å². The highest BCUT2D eigenvalue weighted by atomic mass is 32.2. The predicted octanol–water partition coefficient (Wildman–Crippen LogP) is 5.03. The number of ether oxygens (including phenoxy) is 2. The van der Waals surface area contributed by atoms with Crippen LogP contribution in [0.25, 0.3) is 0 Å². The van der Waals surface area contributed by atoms with Crippen molar-refractivity contribution in [1.29, 1.82) is 0 Å². The predicted molar refractivity (Wildman–Crippen MR) is 108 cm³/mol. The van der Waals surface area contributed by atoms with E-state index in [1.165, 1.54) is 23.9 Å². The van der Waals surface area contributed by atoms with Crippen molar-refractivity contribution in [2.24, 2.45) is 16.6 Å². The summed E-state index contributed by atoms with van der Waals surface area (Å²) in [5.41, 5.74) is 8.41. The number of thioether (sulfide) groups is 1. The summed E-state index contributed by atoms with van der Waals surface area (Å²) in [6.07, 6.45) is 0.500. The van der Waals surface area contributed by atoms with E-state index in [2.05, 4.69) is 18.8 Å². The maximum atomic E-state index is 14.0. The van der Waals surface area contributed by atoms with Crippen molar-refractivity contribution in [2.45, 2.75) is 38.9 Å². The Hall–Kier alpha value is -2.05. The van der Waals surface area contributed by atoms with Crippen LogP contribution in [0.1, 0.15) is 43.2 Å². The average Bonchev–Trinajstić information content (AvgIpc) is 2.66. The molecule has 0 radical (unpaired) electrons. The number of aliphatic imine (C=N–C) groups is 1. The van der Waals surface area contributed by atoms with Gasteiger partial charge in [-0.3, -0.25) is 4.99 Å². The Morgan fingerprint density at radius 3 is 2.81 bits per heavy atom. The van der Waals surface area contributed by atoms with Gasteiger partial charge in [0.15, 0.2) is 5.17 Å². The molecule has 0 fully saturated rings. The van der Waals surface area contributed by atoms with Crippen molar-refractivity contribution in [2.75, 3.05) is 6.54 Å². The van der Waals surface area contributed by atoms with E-state index in [4.69, 9.17) is 15.2 Å². The Kier molecular flexibility index (Phi) is 6.74. The molecule has 4 nitrogen and oxygen atoms in total. The fourth-order valence-corrected chi connectivity index (χ4v) is 3.49. The van der Waals surface area contributed by atoms with E-state index >= 15 is 0 Å². The zero-order valence-electron chi connectivity index (χ0n) is 15.7. The number of halogens is 1. The largest absolute Gasteiger partial charge is 0.460 e. The fourth-order valence-electron chi connectivity index (χ4n) is 2.79. The quantitative estimate of drug-likeness (QED) is 0.557. The maximum absolute atomic E-state index is 14.0. The minimum atomic E-state index is -0.495. The number of nitrogens with zero attached hydrogens (tertiary/aromatic N) is 1. The van der Waals surface area contributed by atoms with Gasteiger partial charge in [-0.1, -0.05) is 55.9 Å². The summed E-state index contributed by atoms with van der Waals surface area (Å²) in [6.45, 7) is 5.32. The van der Waals surface area contributed by atoms with Crippen molar-refractivity contribution in [3.63, 3.8) is 0 Å². The van der Waals surface area contributed by atoms with Crippen LogP contribution in [-0.4, -0.2) is 11.7 Å². The van der Waals surface area contributed by atoms with Gasteiger partial charge < -0.3 is 15.2 Å². The van der Waals surface area contributed by atoms with Gasteiger partial charge in [-0.25, -0.2) is 4.39 Å². The van der Waals surface area contributed by atoms with Crippen LogP contribution in [-0.2, 0) is 17.1 Å². The van der Waals surface area contributed by atoms with Gasteiger partial charge in [0.05, 0.1) is 6.61 Å². The van der Waals surface area contributed by atoms with Gasteiger partial charge in [0.25, 0.3) is 0 Å². The fraction of sp³-hybridized carbons (Fsp3) is 0.381. The summed E-state index contributed by atoms with van der Waals surface area (Å²) >= 11 is 1.40. The molecular weight excluding hydrogens is 363 g/mol. The van der Waals surface area contributed by atoms with Crippen LogP contribution in [0.4, 0.5) is 4.39 Å². The highest BCUT2D eigenvalue weighted by Gasteiger charge is 2.25. The lowest BCUT2D eigenvalue weighted by molar-refractivity contribution is -0.112. The van der Waals surface area contributed by atoms with Crippen molar-refractivity contribution < 1.29 is 13.9 Å². The number of amidine groups is 1. The summed E-state index contributed by atoms with van der Waals surface area (Å²) in [4.78, 5) is 4.37. The van der Waals surface area contributed by atoms with E-state index < -0.39 is 6.29 Å². The Morgan fingerprint density at radius 2 is 2.07 bits per heavy atom. The second-order valence-electron chi connectivity index (χ2n) is 6.92. The third-order valence-corrected chi connectivity index (χ3v) is 5.12. The summed E-state index contributed by atoms with van der Waals surface area (Å²) in [7, 11) is 0. The smallest absolute Gasteiger partial charge is 0.227 e. The summed E-state index contributed by atoms with van der Waals surface area (Å²) in [6, 6.07) is 12.7. The molecule has 0 unspecified atom stereocenters. The standard InChI is InChI=1S/C21H25FN2O2S/c1-14(2)8-9-24-21(23)27-13-17-11-18(22)10-16-12-25-20(26-19(16)17)15-6-4-3-5-7-15/h3-7,10-11,14,20H,8-9,12-13H2,1-2H3,(H2,23,24)/t20-/m1/s1. The van der Waals surface area contributed by atoms with Crippen LogP contribution in [0.15, 0.2) is 47.5 Å². The van der Waals surface area contributed by atoms with Crippen molar-refractivity contribution >= 4 is 16.9 Å². The van der Waals surface area contributed by atoms with Crippen LogP contribution < -0.4 is 10.5 Å². The molecule has 1 aliphatic rings. The van der Waals surface area contributed by atoms with Gasteiger partial charge in [0, 0.05) is 29.0 Å². The monoisotopic (exact) mass is 388 g/mol. The molecule has 2 aromatic carbocycles. The highest BCUT2D eigenvalue weighted by molar-refractivity contribution is 8.13.